The van der Waals surface area contributed by atoms with Crippen molar-refractivity contribution in [2.24, 2.45) is 0 Å². The van der Waals surface area contributed by atoms with Crippen LogP contribution in [-0.4, -0.2) is 17.9 Å². The third-order valence-corrected chi connectivity index (χ3v) is 5.52. The van der Waals surface area contributed by atoms with Gasteiger partial charge in [0.15, 0.2) is 0 Å². The Bertz CT molecular complexity index is 1080. The molecule has 0 radical (unpaired) electrons. The molecule has 0 fully saturated rings. The summed E-state index contributed by atoms with van der Waals surface area (Å²) in [5.41, 5.74) is 1.52. The van der Waals surface area contributed by atoms with E-state index in [2.05, 4.69) is 21.2 Å². The van der Waals surface area contributed by atoms with Crippen molar-refractivity contribution in [1.29, 1.82) is 0 Å². The van der Waals surface area contributed by atoms with E-state index in [1.54, 1.807) is 37.5 Å². The zero-order valence-corrected chi connectivity index (χ0v) is 18.3. The summed E-state index contributed by atoms with van der Waals surface area (Å²) in [5.74, 6) is 0.419. The summed E-state index contributed by atoms with van der Waals surface area (Å²) < 4.78 is 6.18. The smallest absolute Gasteiger partial charge is 0.269 e. The van der Waals surface area contributed by atoms with Crippen LogP contribution in [0.25, 0.3) is 6.08 Å². The highest BCUT2D eigenvalue weighted by Gasteiger charge is 2.06. The van der Waals surface area contributed by atoms with Gasteiger partial charge in [-0.1, -0.05) is 27.7 Å². The fourth-order valence-electron chi connectivity index (χ4n) is 2.56. The quantitative estimate of drug-likeness (QED) is 0.246. The summed E-state index contributed by atoms with van der Waals surface area (Å²) in [6.45, 7) is 0. The molecule has 3 aromatic rings. The van der Waals surface area contributed by atoms with Gasteiger partial charge in [-0.15, -0.1) is 0 Å². The minimum atomic E-state index is -0.424. The second-order valence-corrected chi connectivity index (χ2v) is 8.15. The Hall–Kier alpha value is -3.10. The van der Waals surface area contributed by atoms with Crippen molar-refractivity contribution < 1.29 is 14.5 Å². The predicted octanol–water partition coefficient (Wildman–Crippen LogP) is 6.17. The Morgan fingerprint density at radius 1 is 1.07 bits per heavy atom. The van der Waals surface area contributed by atoms with Crippen molar-refractivity contribution in [3.05, 3.63) is 93.0 Å². The molecule has 0 heterocycles. The number of benzene rings is 3. The SMILES string of the molecule is COc1ccc(Br)cc1C=CC(=O)Nc1ccc(Sc2ccc([N+](=O)[O-])cc2)cc1. The van der Waals surface area contributed by atoms with E-state index < -0.39 is 4.92 Å². The number of ether oxygens (including phenoxy) is 1. The van der Waals surface area contributed by atoms with Crippen LogP contribution in [0.5, 0.6) is 5.75 Å². The Morgan fingerprint density at radius 3 is 2.30 bits per heavy atom. The molecule has 0 bridgehead atoms. The Kier molecular flexibility index (Phi) is 7.26. The number of non-ortho nitro benzene ring substituents is 1. The van der Waals surface area contributed by atoms with Gasteiger partial charge < -0.3 is 10.1 Å². The van der Waals surface area contributed by atoms with Gasteiger partial charge in [-0.05, 0) is 60.7 Å². The summed E-state index contributed by atoms with van der Waals surface area (Å²) in [7, 11) is 1.58. The summed E-state index contributed by atoms with van der Waals surface area (Å²) in [6, 6.07) is 19.3. The molecular formula is C22H17BrN2O4S. The van der Waals surface area contributed by atoms with Crippen LogP contribution in [0.15, 0.2) is 87.1 Å². The first-order chi connectivity index (χ1) is 14.4. The van der Waals surface area contributed by atoms with Gasteiger partial charge in [-0.25, -0.2) is 0 Å². The number of hydrogen-bond donors (Lipinski definition) is 1. The number of nitrogens with one attached hydrogen (secondary N) is 1. The van der Waals surface area contributed by atoms with E-state index in [-0.39, 0.29) is 11.6 Å². The number of nitro benzene ring substituents is 1. The number of hydrogen-bond acceptors (Lipinski definition) is 5. The highest BCUT2D eigenvalue weighted by Crippen LogP contribution is 2.30. The number of nitrogens with zero attached hydrogens (tertiary/aromatic N) is 1. The number of rotatable bonds is 7. The average molecular weight is 485 g/mol. The molecule has 0 aromatic heterocycles. The van der Waals surface area contributed by atoms with Crippen molar-refractivity contribution in [3.8, 4) is 5.75 Å². The van der Waals surface area contributed by atoms with E-state index in [9.17, 15) is 14.9 Å². The maximum atomic E-state index is 12.2. The molecule has 0 spiro atoms. The number of halogens is 1. The van der Waals surface area contributed by atoms with Gasteiger partial charge >= 0.3 is 0 Å². The lowest BCUT2D eigenvalue weighted by Crippen LogP contribution is -2.07. The van der Waals surface area contributed by atoms with Gasteiger partial charge in [-0.3, -0.25) is 14.9 Å². The lowest BCUT2D eigenvalue weighted by Gasteiger charge is -2.06. The van der Waals surface area contributed by atoms with Gasteiger partial charge in [0.25, 0.3) is 5.69 Å². The van der Waals surface area contributed by atoms with E-state index in [1.807, 2.05) is 30.3 Å². The second kappa shape index (κ2) is 10.1. The topological polar surface area (TPSA) is 81.5 Å². The molecule has 0 aliphatic rings. The molecule has 30 heavy (non-hydrogen) atoms. The fraction of sp³-hybridized carbons (Fsp3) is 0.0455. The number of methoxy groups -OCH3 is 1. The average Bonchev–Trinajstić information content (AvgIpc) is 2.74. The maximum Gasteiger partial charge on any atom is 0.269 e. The number of anilines is 1. The largest absolute Gasteiger partial charge is 0.496 e. The third kappa shape index (κ3) is 5.95. The molecule has 0 saturated carbocycles. The summed E-state index contributed by atoms with van der Waals surface area (Å²) >= 11 is 4.89. The van der Waals surface area contributed by atoms with Crippen LogP contribution in [0.3, 0.4) is 0 Å². The summed E-state index contributed by atoms with van der Waals surface area (Å²) in [4.78, 5) is 24.4. The monoisotopic (exact) mass is 484 g/mol. The zero-order chi connectivity index (χ0) is 21.5. The van der Waals surface area contributed by atoms with Crippen molar-refractivity contribution >= 4 is 51.0 Å². The van der Waals surface area contributed by atoms with Crippen molar-refractivity contribution in [2.75, 3.05) is 12.4 Å². The summed E-state index contributed by atoms with van der Waals surface area (Å²) in [5, 5.41) is 13.5. The van der Waals surface area contributed by atoms with Gasteiger partial charge in [0, 0.05) is 43.7 Å². The van der Waals surface area contributed by atoms with Crippen molar-refractivity contribution in [3.63, 3.8) is 0 Å². The lowest BCUT2D eigenvalue weighted by atomic mass is 10.2. The minimum absolute atomic E-state index is 0.0611. The number of nitro groups is 1. The van der Waals surface area contributed by atoms with E-state index in [0.29, 0.717) is 11.4 Å². The Morgan fingerprint density at radius 2 is 1.70 bits per heavy atom. The number of carbonyl (C=O) groups excluding carboxylic acids is 1. The molecular weight excluding hydrogens is 468 g/mol. The lowest BCUT2D eigenvalue weighted by molar-refractivity contribution is -0.384. The van der Waals surface area contributed by atoms with Gasteiger partial charge in [0.05, 0.1) is 12.0 Å². The second-order valence-electron chi connectivity index (χ2n) is 6.09. The molecule has 3 rings (SSSR count). The molecule has 6 nitrogen and oxygen atoms in total. The maximum absolute atomic E-state index is 12.2. The third-order valence-electron chi connectivity index (χ3n) is 4.01. The van der Waals surface area contributed by atoms with Crippen LogP contribution in [-0.2, 0) is 4.79 Å². The highest BCUT2D eigenvalue weighted by molar-refractivity contribution is 9.10. The molecule has 0 aliphatic carbocycles. The van der Waals surface area contributed by atoms with E-state index >= 15 is 0 Å². The summed E-state index contributed by atoms with van der Waals surface area (Å²) in [6.07, 6.45) is 3.14. The predicted molar refractivity (Wildman–Crippen MR) is 122 cm³/mol. The van der Waals surface area contributed by atoms with Gasteiger partial charge in [-0.2, -0.15) is 0 Å². The van der Waals surface area contributed by atoms with E-state index in [1.165, 1.54) is 30.0 Å². The highest BCUT2D eigenvalue weighted by atomic mass is 79.9. The molecule has 0 unspecified atom stereocenters. The van der Waals surface area contributed by atoms with E-state index in [4.69, 9.17) is 4.74 Å². The zero-order valence-electron chi connectivity index (χ0n) is 15.9. The fourth-order valence-corrected chi connectivity index (χ4v) is 3.76. The number of carbonyl (C=O) groups is 1. The first-order valence-electron chi connectivity index (χ1n) is 8.79. The standard InChI is InChI=1S/C22H17BrN2O4S/c1-29-21-12-3-16(23)14-15(21)2-13-22(26)24-17-4-8-19(9-5-17)30-20-10-6-18(7-11-20)25(27)28/h2-14H,1H3,(H,24,26). The molecule has 0 saturated heterocycles. The molecule has 1 N–H and O–H groups in total. The van der Waals surface area contributed by atoms with E-state index in [0.717, 1.165) is 19.8 Å². The first-order valence-corrected chi connectivity index (χ1v) is 10.4. The van der Waals surface area contributed by atoms with Crippen LogP contribution in [0.4, 0.5) is 11.4 Å². The molecule has 0 atom stereocenters. The van der Waals surface area contributed by atoms with Crippen LogP contribution >= 0.6 is 27.7 Å². The molecule has 0 aliphatic heterocycles. The van der Waals surface area contributed by atoms with Crippen molar-refractivity contribution in [1.82, 2.24) is 0 Å². The Labute approximate surface area is 186 Å². The van der Waals surface area contributed by atoms with Crippen LogP contribution < -0.4 is 10.1 Å². The van der Waals surface area contributed by atoms with Crippen LogP contribution in [0.2, 0.25) is 0 Å². The molecule has 8 heteroatoms. The molecule has 152 valence electrons. The van der Waals surface area contributed by atoms with Crippen LogP contribution in [0.1, 0.15) is 5.56 Å². The van der Waals surface area contributed by atoms with Crippen molar-refractivity contribution in [2.45, 2.75) is 9.79 Å². The normalized spacial score (nSPS) is 10.7. The minimum Gasteiger partial charge on any atom is -0.496 e. The van der Waals surface area contributed by atoms with Crippen LogP contribution in [0, 0.1) is 10.1 Å². The first kappa shape index (κ1) is 21.6. The molecule has 3 aromatic carbocycles. The van der Waals surface area contributed by atoms with Gasteiger partial charge in [0.2, 0.25) is 5.91 Å². The Balaban J connectivity index is 1.60. The van der Waals surface area contributed by atoms with Gasteiger partial charge in [0.1, 0.15) is 5.75 Å². The number of amides is 1. The molecule has 1 amide bonds.